The number of aliphatic imine (C=N–C) groups is 1. The normalized spacial score (nSPS) is 13.6. The molecule has 0 spiro atoms. The van der Waals surface area contributed by atoms with Crippen LogP contribution in [0.4, 0.5) is 13.2 Å². The molecule has 0 unspecified atom stereocenters. The van der Waals surface area contributed by atoms with E-state index < -0.39 is 23.7 Å². The summed E-state index contributed by atoms with van der Waals surface area (Å²) < 4.78 is 40.0. The van der Waals surface area contributed by atoms with Crippen molar-refractivity contribution in [2.45, 2.75) is 25.6 Å². The maximum Gasteiger partial charge on any atom is 0.416 e. The third kappa shape index (κ3) is 6.07. The van der Waals surface area contributed by atoms with Gasteiger partial charge in [-0.15, -0.1) is 11.3 Å². The molecule has 1 aromatic heterocycles. The number of nitrogens with two attached hydrogens (primary N) is 2. The molecule has 1 heterocycles. The van der Waals surface area contributed by atoms with Gasteiger partial charge in [-0.2, -0.15) is 13.2 Å². The number of carbonyl (C=O) groups excluding carboxylic acids is 1. The molecule has 5 N–H and O–H groups in total. The Morgan fingerprint density at radius 2 is 2.07 bits per heavy atom. The molecule has 0 aliphatic carbocycles. The van der Waals surface area contributed by atoms with Crippen LogP contribution in [0.2, 0.25) is 4.34 Å². The summed E-state index contributed by atoms with van der Waals surface area (Å²) >= 11 is 7.31. The van der Waals surface area contributed by atoms with E-state index in [2.05, 4.69) is 10.3 Å². The predicted octanol–water partition coefficient (Wildman–Crippen LogP) is 4.00. The zero-order valence-electron chi connectivity index (χ0n) is 16.2. The van der Waals surface area contributed by atoms with Crippen LogP contribution in [-0.2, 0) is 12.6 Å². The average Bonchev–Trinajstić information content (AvgIpc) is 3.08. The zero-order chi connectivity index (χ0) is 22.3. The Balaban J connectivity index is 2.21. The Bertz CT molecular complexity index is 940. The molecular formula is C20H22ClF3N4OS. The second kappa shape index (κ2) is 10.6. The number of carbonyl (C=O) groups is 1. The van der Waals surface area contributed by atoms with Gasteiger partial charge in [0.1, 0.15) is 4.34 Å². The van der Waals surface area contributed by atoms with Crippen molar-refractivity contribution >= 4 is 34.6 Å². The van der Waals surface area contributed by atoms with Crippen molar-refractivity contribution in [2.24, 2.45) is 16.5 Å². The van der Waals surface area contributed by atoms with Gasteiger partial charge in [0.05, 0.1) is 16.2 Å². The van der Waals surface area contributed by atoms with Crippen LogP contribution >= 0.6 is 22.9 Å². The van der Waals surface area contributed by atoms with E-state index in [-0.39, 0.29) is 18.5 Å². The molecule has 1 amide bonds. The van der Waals surface area contributed by atoms with Crippen LogP contribution in [0.5, 0.6) is 0 Å². The minimum Gasteiger partial charge on any atom is -0.405 e. The Morgan fingerprint density at radius 3 is 2.67 bits per heavy atom. The predicted molar refractivity (Wildman–Crippen MR) is 115 cm³/mol. The van der Waals surface area contributed by atoms with Crippen LogP contribution in [0, 0.1) is 0 Å². The van der Waals surface area contributed by atoms with E-state index in [1.807, 2.05) is 6.92 Å². The van der Waals surface area contributed by atoms with E-state index in [0.29, 0.717) is 27.0 Å². The first-order chi connectivity index (χ1) is 14.2. The van der Waals surface area contributed by atoms with Crippen molar-refractivity contribution in [1.29, 1.82) is 0 Å². The second-order valence-electron chi connectivity index (χ2n) is 6.28. The number of hydrogen-bond donors (Lipinski definition) is 3. The number of nitrogens with zero attached hydrogens (tertiary/aromatic N) is 1. The fourth-order valence-corrected chi connectivity index (χ4v) is 4.03. The van der Waals surface area contributed by atoms with Crippen LogP contribution < -0.4 is 16.8 Å². The molecule has 5 nitrogen and oxygen atoms in total. The van der Waals surface area contributed by atoms with Crippen molar-refractivity contribution in [3.05, 3.63) is 68.5 Å². The van der Waals surface area contributed by atoms with Crippen molar-refractivity contribution in [3.8, 4) is 0 Å². The number of allylic oxidation sites excluding steroid dienone is 1. The third-order valence-corrected chi connectivity index (χ3v) is 5.54. The van der Waals surface area contributed by atoms with Crippen LogP contribution in [0.15, 0.2) is 47.6 Å². The van der Waals surface area contributed by atoms with E-state index >= 15 is 0 Å². The number of nitrogens with one attached hydrogen (secondary N) is 1. The molecule has 0 fully saturated rings. The first kappa shape index (κ1) is 23.9. The van der Waals surface area contributed by atoms with E-state index in [9.17, 15) is 18.0 Å². The monoisotopic (exact) mass is 458 g/mol. The first-order valence-corrected chi connectivity index (χ1v) is 10.3. The molecule has 2 rings (SSSR count). The minimum atomic E-state index is -4.48. The zero-order valence-corrected chi connectivity index (χ0v) is 17.7. The molecule has 0 saturated heterocycles. The summed E-state index contributed by atoms with van der Waals surface area (Å²) in [5, 5.41) is 2.69. The standard InChI is InChI=1S/C20H22ClF3N4OS/c1-2-27-16(7-8-25)14-10-17(30-18(14)21)19(29)28-13(11-26)9-12-5-3-4-6-15(12)20(22,23)24/h3-8,10,13H,2,9,11,25-26H2,1H3,(H,28,29)/t13-/m0/s1. The lowest BCUT2D eigenvalue weighted by atomic mass is 9.99. The lowest BCUT2D eigenvalue weighted by molar-refractivity contribution is -0.138. The molecule has 0 aliphatic heterocycles. The van der Waals surface area contributed by atoms with E-state index in [1.165, 1.54) is 24.4 Å². The molecule has 2 aromatic rings. The molecule has 0 aliphatic rings. The van der Waals surface area contributed by atoms with Gasteiger partial charge in [0, 0.05) is 24.7 Å². The van der Waals surface area contributed by atoms with E-state index in [1.54, 1.807) is 12.1 Å². The molecule has 0 saturated carbocycles. The highest BCUT2D eigenvalue weighted by Gasteiger charge is 2.33. The Labute approximate surface area is 181 Å². The maximum absolute atomic E-state index is 13.2. The molecule has 0 bridgehead atoms. The van der Waals surface area contributed by atoms with Crippen LogP contribution in [0.25, 0.3) is 0 Å². The number of thiophene rings is 1. The smallest absolute Gasteiger partial charge is 0.405 e. The number of benzene rings is 1. The summed E-state index contributed by atoms with van der Waals surface area (Å²) in [6.45, 7) is 2.33. The Hall–Kier alpha value is -2.36. The molecule has 30 heavy (non-hydrogen) atoms. The molecular weight excluding hydrogens is 437 g/mol. The molecule has 10 heteroatoms. The number of alkyl halides is 3. The summed E-state index contributed by atoms with van der Waals surface area (Å²) in [4.78, 5) is 17.3. The molecule has 0 radical (unpaired) electrons. The fourth-order valence-electron chi connectivity index (χ4n) is 2.83. The molecule has 162 valence electrons. The quantitative estimate of drug-likeness (QED) is 0.522. The largest absolute Gasteiger partial charge is 0.416 e. The highest BCUT2D eigenvalue weighted by molar-refractivity contribution is 7.18. The number of halogens is 4. The van der Waals surface area contributed by atoms with Gasteiger partial charge < -0.3 is 16.8 Å². The van der Waals surface area contributed by atoms with Crippen molar-refractivity contribution < 1.29 is 18.0 Å². The second-order valence-corrected chi connectivity index (χ2v) is 7.94. The summed E-state index contributed by atoms with van der Waals surface area (Å²) in [7, 11) is 0. The van der Waals surface area contributed by atoms with E-state index in [0.717, 1.165) is 17.4 Å². The highest BCUT2D eigenvalue weighted by atomic mass is 35.5. The van der Waals surface area contributed by atoms with Gasteiger partial charge in [-0.1, -0.05) is 29.8 Å². The van der Waals surface area contributed by atoms with Gasteiger partial charge in [0.15, 0.2) is 0 Å². The Morgan fingerprint density at radius 1 is 1.37 bits per heavy atom. The fraction of sp³-hybridized carbons (Fsp3) is 0.300. The SMILES string of the molecule is CCN=C(C=CN)c1cc(C(=O)N[C@H](CN)Cc2ccccc2C(F)(F)F)sc1Cl. The number of hydrogen-bond acceptors (Lipinski definition) is 5. The van der Waals surface area contributed by atoms with Gasteiger partial charge in [0.2, 0.25) is 0 Å². The maximum atomic E-state index is 13.2. The van der Waals surface area contributed by atoms with Crippen molar-refractivity contribution in [3.63, 3.8) is 0 Å². The summed E-state index contributed by atoms with van der Waals surface area (Å²) in [5.41, 5.74) is 11.6. The average molecular weight is 459 g/mol. The van der Waals surface area contributed by atoms with Gasteiger partial charge in [-0.25, -0.2) is 0 Å². The van der Waals surface area contributed by atoms with Crippen molar-refractivity contribution in [2.75, 3.05) is 13.1 Å². The summed E-state index contributed by atoms with van der Waals surface area (Å²) in [6, 6.07) is 6.12. The van der Waals surface area contributed by atoms with Crippen LogP contribution in [-0.4, -0.2) is 30.8 Å². The minimum absolute atomic E-state index is 0.0254. The third-order valence-electron chi connectivity index (χ3n) is 4.18. The summed E-state index contributed by atoms with van der Waals surface area (Å²) in [5.74, 6) is -0.472. The summed E-state index contributed by atoms with van der Waals surface area (Å²) in [6.07, 6.45) is -1.63. The topological polar surface area (TPSA) is 93.5 Å². The van der Waals surface area contributed by atoms with Gasteiger partial charge in [0.25, 0.3) is 5.91 Å². The van der Waals surface area contributed by atoms with Gasteiger partial charge >= 0.3 is 6.18 Å². The van der Waals surface area contributed by atoms with Crippen LogP contribution in [0.3, 0.4) is 0 Å². The highest BCUT2D eigenvalue weighted by Crippen LogP contribution is 2.32. The van der Waals surface area contributed by atoms with Gasteiger partial charge in [-0.3, -0.25) is 9.79 Å². The number of rotatable bonds is 8. The lowest BCUT2D eigenvalue weighted by Gasteiger charge is -2.19. The van der Waals surface area contributed by atoms with Gasteiger partial charge in [-0.05, 0) is 43.3 Å². The lowest BCUT2D eigenvalue weighted by Crippen LogP contribution is -2.41. The van der Waals surface area contributed by atoms with E-state index in [4.69, 9.17) is 23.1 Å². The number of amides is 1. The molecule has 1 atom stereocenters. The first-order valence-electron chi connectivity index (χ1n) is 9.09. The molecule has 1 aromatic carbocycles. The van der Waals surface area contributed by atoms with Crippen LogP contribution in [0.1, 0.15) is 33.3 Å². The van der Waals surface area contributed by atoms with Crippen molar-refractivity contribution in [1.82, 2.24) is 5.32 Å². The Kier molecular flexibility index (Phi) is 8.45.